The van der Waals surface area contributed by atoms with E-state index in [1.807, 2.05) is 0 Å². The maximum Gasteiger partial charge on any atom is 0.459 e. The summed E-state index contributed by atoms with van der Waals surface area (Å²) in [6.45, 7) is -3.45. The van der Waals surface area contributed by atoms with Gasteiger partial charge in [-0.2, -0.15) is 34.8 Å². The van der Waals surface area contributed by atoms with Gasteiger partial charge in [0.1, 0.15) is 0 Å². The summed E-state index contributed by atoms with van der Waals surface area (Å²) in [6, 6.07) is 0. The normalized spacial score (nSPS) is 14.9. The van der Waals surface area contributed by atoms with Gasteiger partial charge in [-0.1, -0.05) is 0 Å². The molecule has 0 amide bonds. The van der Waals surface area contributed by atoms with Crippen LogP contribution in [0.4, 0.5) is 35.1 Å². The molecular formula is C6H6F8O5S. The number of rotatable bonds is 8. The van der Waals surface area contributed by atoms with Crippen LogP contribution in [-0.2, 0) is 19.6 Å². The number of hydrogen-bond donors (Lipinski definition) is 1. The molecule has 0 aliphatic heterocycles. The quantitative estimate of drug-likeness (QED) is 0.415. The molecule has 0 aliphatic rings. The van der Waals surface area contributed by atoms with Gasteiger partial charge in [0.2, 0.25) is 0 Å². The van der Waals surface area contributed by atoms with Crippen LogP contribution in [0.15, 0.2) is 0 Å². The fourth-order valence-corrected chi connectivity index (χ4v) is 1.00. The first kappa shape index (κ1) is 19.3. The highest BCUT2D eigenvalue weighted by Gasteiger charge is 2.67. The summed E-state index contributed by atoms with van der Waals surface area (Å²) in [7, 11) is -6.56. The van der Waals surface area contributed by atoms with Crippen molar-refractivity contribution in [2.45, 2.75) is 23.9 Å². The van der Waals surface area contributed by atoms with Crippen molar-refractivity contribution in [2.24, 2.45) is 0 Å². The molecule has 0 aromatic heterocycles. The molecule has 0 aliphatic carbocycles. The Kier molecular flexibility index (Phi) is 5.73. The zero-order chi connectivity index (χ0) is 16.4. The van der Waals surface area contributed by atoms with E-state index in [9.17, 15) is 43.5 Å². The topological polar surface area (TPSA) is 72.8 Å². The standard InChI is InChI=1S/C6H6F8O5S/c7-3(8)4(9,10)18-1-2-19-5(11,12)6(13,14)20(15,16)17/h3H,1-2H2,(H,15,16,17). The van der Waals surface area contributed by atoms with E-state index in [4.69, 9.17) is 4.55 Å². The Morgan fingerprint density at radius 3 is 1.70 bits per heavy atom. The molecule has 122 valence electrons. The third-order valence-electron chi connectivity index (χ3n) is 1.58. The first-order chi connectivity index (χ1) is 8.65. The van der Waals surface area contributed by atoms with Crippen LogP contribution in [0.3, 0.4) is 0 Å². The van der Waals surface area contributed by atoms with E-state index < -0.39 is 47.2 Å². The van der Waals surface area contributed by atoms with E-state index in [1.165, 1.54) is 0 Å². The van der Waals surface area contributed by atoms with Crippen molar-refractivity contribution in [1.29, 1.82) is 0 Å². The third kappa shape index (κ3) is 4.39. The van der Waals surface area contributed by atoms with Crippen molar-refractivity contribution in [2.75, 3.05) is 13.2 Å². The number of alkyl halides is 8. The van der Waals surface area contributed by atoms with Gasteiger partial charge in [0.25, 0.3) is 0 Å². The van der Waals surface area contributed by atoms with Crippen LogP contribution in [0.1, 0.15) is 0 Å². The van der Waals surface area contributed by atoms with Gasteiger partial charge in [0, 0.05) is 0 Å². The van der Waals surface area contributed by atoms with E-state index in [0.717, 1.165) is 0 Å². The Bertz CT molecular complexity index is 421. The van der Waals surface area contributed by atoms with Crippen molar-refractivity contribution in [3.8, 4) is 0 Å². The summed E-state index contributed by atoms with van der Waals surface area (Å²) < 4.78 is 131. The van der Waals surface area contributed by atoms with Gasteiger partial charge in [-0.25, -0.2) is 8.78 Å². The number of hydrogen-bond acceptors (Lipinski definition) is 4. The Morgan fingerprint density at radius 2 is 1.35 bits per heavy atom. The van der Waals surface area contributed by atoms with Crippen molar-refractivity contribution in [3.63, 3.8) is 0 Å². The first-order valence-corrected chi connectivity index (χ1v) is 5.75. The molecule has 20 heavy (non-hydrogen) atoms. The summed E-state index contributed by atoms with van der Waals surface area (Å²) in [5.74, 6) is 0. The highest BCUT2D eigenvalue weighted by molar-refractivity contribution is 7.86. The van der Waals surface area contributed by atoms with E-state index in [-0.39, 0.29) is 0 Å². The van der Waals surface area contributed by atoms with Crippen molar-refractivity contribution in [3.05, 3.63) is 0 Å². The Morgan fingerprint density at radius 1 is 0.950 bits per heavy atom. The van der Waals surface area contributed by atoms with Crippen LogP contribution in [0.5, 0.6) is 0 Å². The maximum atomic E-state index is 12.6. The lowest BCUT2D eigenvalue weighted by Crippen LogP contribution is -2.49. The highest BCUT2D eigenvalue weighted by Crippen LogP contribution is 2.39. The van der Waals surface area contributed by atoms with Crippen LogP contribution in [-0.4, -0.2) is 50.1 Å². The lowest BCUT2D eigenvalue weighted by molar-refractivity contribution is -0.338. The summed E-state index contributed by atoms with van der Waals surface area (Å²) >= 11 is 0. The van der Waals surface area contributed by atoms with Gasteiger partial charge < -0.3 is 9.47 Å². The zero-order valence-corrected chi connectivity index (χ0v) is 9.82. The summed E-state index contributed by atoms with van der Waals surface area (Å²) in [5, 5.41) is -6.06. The van der Waals surface area contributed by atoms with E-state index in [1.54, 1.807) is 0 Å². The Balaban J connectivity index is 4.54. The molecule has 0 atom stereocenters. The predicted octanol–water partition coefficient (Wildman–Crippen LogP) is 1.95. The molecule has 0 unspecified atom stereocenters. The fraction of sp³-hybridized carbons (Fsp3) is 1.00. The van der Waals surface area contributed by atoms with Crippen LogP contribution in [0.25, 0.3) is 0 Å². The molecule has 0 aromatic carbocycles. The van der Waals surface area contributed by atoms with Crippen LogP contribution < -0.4 is 0 Å². The van der Waals surface area contributed by atoms with Gasteiger partial charge >= 0.3 is 34.0 Å². The van der Waals surface area contributed by atoms with Gasteiger partial charge in [0.15, 0.2) is 0 Å². The molecule has 5 nitrogen and oxygen atoms in total. The SMILES string of the molecule is O=S(=O)(O)C(F)(F)C(F)(F)OCCOC(F)(F)C(F)F. The predicted molar refractivity (Wildman–Crippen MR) is 44.3 cm³/mol. The number of ether oxygens (including phenoxy) is 2. The minimum atomic E-state index is -6.56. The molecule has 0 spiro atoms. The van der Waals surface area contributed by atoms with Crippen LogP contribution in [0.2, 0.25) is 0 Å². The minimum Gasteiger partial charge on any atom is -0.314 e. The van der Waals surface area contributed by atoms with Crippen LogP contribution >= 0.6 is 0 Å². The average molecular weight is 342 g/mol. The molecule has 0 aromatic rings. The molecule has 0 radical (unpaired) electrons. The van der Waals surface area contributed by atoms with Crippen LogP contribution in [0, 0.1) is 0 Å². The molecule has 14 heteroatoms. The van der Waals surface area contributed by atoms with E-state index >= 15 is 0 Å². The van der Waals surface area contributed by atoms with Crippen molar-refractivity contribution in [1.82, 2.24) is 0 Å². The number of halogens is 8. The molecule has 0 saturated heterocycles. The fourth-order valence-electron chi connectivity index (χ4n) is 0.645. The lowest BCUT2D eigenvalue weighted by atomic mass is 10.6. The van der Waals surface area contributed by atoms with Crippen molar-refractivity contribution >= 4 is 10.1 Å². The second-order valence-electron chi connectivity index (χ2n) is 3.07. The maximum absolute atomic E-state index is 12.6. The Labute approximate surface area is 106 Å². The zero-order valence-electron chi connectivity index (χ0n) is 9.00. The highest BCUT2D eigenvalue weighted by atomic mass is 32.2. The second kappa shape index (κ2) is 5.95. The monoisotopic (exact) mass is 342 g/mol. The molecule has 0 bridgehead atoms. The Hall–Kier alpha value is -0.730. The molecule has 0 fully saturated rings. The molecule has 0 saturated carbocycles. The lowest BCUT2D eigenvalue weighted by Gasteiger charge is -2.23. The van der Waals surface area contributed by atoms with Gasteiger partial charge in [-0.3, -0.25) is 4.55 Å². The summed E-state index contributed by atoms with van der Waals surface area (Å²) in [5.41, 5.74) is 0. The van der Waals surface area contributed by atoms with E-state index in [2.05, 4.69) is 9.47 Å². The minimum absolute atomic E-state index is 1.67. The summed E-state index contributed by atoms with van der Waals surface area (Å²) in [4.78, 5) is 0. The largest absolute Gasteiger partial charge is 0.459 e. The van der Waals surface area contributed by atoms with E-state index in [0.29, 0.717) is 0 Å². The summed E-state index contributed by atoms with van der Waals surface area (Å²) in [6.07, 6.45) is -15.1. The second-order valence-corrected chi connectivity index (χ2v) is 4.53. The third-order valence-corrected chi connectivity index (χ3v) is 2.46. The molecule has 1 N–H and O–H groups in total. The van der Waals surface area contributed by atoms with Gasteiger partial charge in [0.05, 0.1) is 13.2 Å². The smallest absolute Gasteiger partial charge is 0.314 e. The average Bonchev–Trinajstić information content (AvgIpc) is 2.22. The van der Waals surface area contributed by atoms with Gasteiger partial charge in [-0.05, 0) is 0 Å². The van der Waals surface area contributed by atoms with Gasteiger partial charge in [-0.15, -0.1) is 0 Å². The molecule has 0 heterocycles. The molecule has 0 rings (SSSR count). The molecular weight excluding hydrogens is 336 g/mol. The van der Waals surface area contributed by atoms with Crippen molar-refractivity contribution < 1.29 is 57.6 Å². The first-order valence-electron chi connectivity index (χ1n) is 4.31.